The molecule has 0 saturated carbocycles. The van der Waals surface area contributed by atoms with Crippen molar-refractivity contribution in [3.63, 3.8) is 0 Å². The number of nitrogens with zero attached hydrogens (tertiary/aromatic N) is 2. The molecular formula is C20H23F2N3O2. The van der Waals surface area contributed by atoms with Gasteiger partial charge in [-0.1, -0.05) is 30.3 Å². The Morgan fingerprint density at radius 3 is 2.44 bits per heavy atom. The molecule has 0 radical (unpaired) electrons. The molecule has 1 unspecified atom stereocenters. The molecule has 0 saturated heterocycles. The maximum absolute atomic E-state index is 14.1. The Morgan fingerprint density at radius 1 is 1.19 bits per heavy atom. The van der Waals surface area contributed by atoms with Crippen LogP contribution in [-0.4, -0.2) is 28.3 Å². The molecule has 144 valence electrons. The molecular weight excluding hydrogens is 352 g/mol. The lowest BCUT2D eigenvalue weighted by atomic mass is 9.96. The number of halogens is 2. The maximum atomic E-state index is 14.1. The molecule has 0 heterocycles. The predicted octanol–water partition coefficient (Wildman–Crippen LogP) is 3.12. The van der Waals surface area contributed by atoms with Crippen LogP contribution < -0.4 is 5.73 Å². The van der Waals surface area contributed by atoms with Crippen LogP contribution in [0.25, 0.3) is 0 Å². The summed E-state index contributed by atoms with van der Waals surface area (Å²) in [4.78, 5) is 12.3. The molecule has 5 nitrogen and oxygen atoms in total. The highest BCUT2D eigenvalue weighted by Crippen LogP contribution is 2.31. The summed E-state index contributed by atoms with van der Waals surface area (Å²) in [5.74, 6) is -1.85. The maximum Gasteiger partial charge on any atom is 0.242 e. The number of aliphatic hydroxyl groups is 1. The number of hydrazone groups is 1. The van der Waals surface area contributed by atoms with Crippen molar-refractivity contribution in [3.05, 3.63) is 71.3 Å². The molecule has 0 spiro atoms. The lowest BCUT2D eigenvalue weighted by Gasteiger charge is -2.36. The summed E-state index contributed by atoms with van der Waals surface area (Å²) in [7, 11) is 0. The van der Waals surface area contributed by atoms with E-state index in [0.29, 0.717) is 18.5 Å². The smallest absolute Gasteiger partial charge is 0.242 e. The number of benzene rings is 2. The van der Waals surface area contributed by atoms with E-state index in [2.05, 4.69) is 5.10 Å². The van der Waals surface area contributed by atoms with Crippen molar-refractivity contribution in [2.75, 3.05) is 6.54 Å². The van der Waals surface area contributed by atoms with Gasteiger partial charge >= 0.3 is 0 Å². The number of nitrogens with two attached hydrogens (primary N) is 1. The van der Waals surface area contributed by atoms with Crippen LogP contribution in [0.2, 0.25) is 0 Å². The molecule has 1 atom stereocenters. The Balaban J connectivity index is 2.55. The molecule has 0 aliphatic carbocycles. The lowest BCUT2D eigenvalue weighted by molar-refractivity contribution is -0.163. The van der Waals surface area contributed by atoms with Crippen LogP contribution in [0.4, 0.5) is 8.78 Å². The number of rotatable bonds is 7. The molecule has 3 N–H and O–H groups in total. The van der Waals surface area contributed by atoms with Gasteiger partial charge in [0.15, 0.2) is 5.72 Å². The fourth-order valence-electron chi connectivity index (χ4n) is 2.82. The number of carbonyl (C=O) groups excluding carboxylic acids is 1. The van der Waals surface area contributed by atoms with E-state index in [-0.39, 0.29) is 17.7 Å². The number of hydrogen-bond donors (Lipinski definition) is 2. The molecule has 2 aromatic rings. The second-order valence-electron chi connectivity index (χ2n) is 6.22. The Bertz CT molecular complexity index is 827. The molecule has 0 aliphatic heterocycles. The summed E-state index contributed by atoms with van der Waals surface area (Å²) in [6.45, 7) is 3.00. The Kier molecular flexibility index (Phi) is 6.76. The van der Waals surface area contributed by atoms with Crippen LogP contribution >= 0.6 is 0 Å². The largest absolute Gasteiger partial charge is 0.365 e. The lowest BCUT2D eigenvalue weighted by Crippen LogP contribution is -2.46. The van der Waals surface area contributed by atoms with Crippen LogP contribution in [0.5, 0.6) is 0 Å². The summed E-state index contributed by atoms with van der Waals surface area (Å²) in [5, 5.41) is 16.4. The first-order chi connectivity index (χ1) is 12.8. The molecule has 0 aromatic heterocycles. The molecule has 0 bridgehead atoms. The number of carbonyl (C=O) groups is 1. The van der Waals surface area contributed by atoms with E-state index in [9.17, 15) is 18.7 Å². The minimum atomic E-state index is -1.77. The zero-order valence-corrected chi connectivity index (χ0v) is 15.3. The van der Waals surface area contributed by atoms with Crippen LogP contribution in [-0.2, 0) is 10.5 Å². The zero-order valence-electron chi connectivity index (χ0n) is 15.3. The van der Waals surface area contributed by atoms with E-state index in [0.717, 1.165) is 23.2 Å². The fourth-order valence-corrected chi connectivity index (χ4v) is 2.82. The van der Waals surface area contributed by atoms with Gasteiger partial charge in [-0.3, -0.25) is 4.79 Å². The normalized spacial score (nSPS) is 13.9. The minimum absolute atomic E-state index is 0.0595. The van der Waals surface area contributed by atoms with Crippen molar-refractivity contribution in [2.45, 2.75) is 32.4 Å². The number of amides is 1. The summed E-state index contributed by atoms with van der Waals surface area (Å²) in [5.41, 5.74) is 4.23. The molecule has 2 aromatic carbocycles. The van der Waals surface area contributed by atoms with Gasteiger partial charge < -0.3 is 10.8 Å². The van der Waals surface area contributed by atoms with Crippen molar-refractivity contribution in [3.8, 4) is 0 Å². The van der Waals surface area contributed by atoms with E-state index in [4.69, 9.17) is 5.73 Å². The summed E-state index contributed by atoms with van der Waals surface area (Å²) < 4.78 is 27.6. The third kappa shape index (κ3) is 4.75. The first kappa shape index (κ1) is 20.7. The average molecular weight is 375 g/mol. The topological polar surface area (TPSA) is 78.9 Å². The van der Waals surface area contributed by atoms with Gasteiger partial charge in [0.25, 0.3) is 0 Å². The van der Waals surface area contributed by atoms with E-state index in [1.807, 2.05) is 0 Å². The van der Waals surface area contributed by atoms with Crippen molar-refractivity contribution in [1.29, 1.82) is 0 Å². The Morgan fingerprint density at radius 2 is 1.85 bits per heavy atom. The first-order valence-corrected chi connectivity index (χ1v) is 8.59. The second kappa shape index (κ2) is 8.83. The number of hydrogen-bond acceptors (Lipinski definition) is 4. The van der Waals surface area contributed by atoms with Gasteiger partial charge in [0, 0.05) is 24.5 Å². The van der Waals surface area contributed by atoms with E-state index in [1.54, 1.807) is 30.3 Å². The quantitative estimate of drug-likeness (QED) is 0.443. The highest BCUT2D eigenvalue weighted by molar-refractivity contribution is 5.99. The van der Waals surface area contributed by atoms with Crippen LogP contribution in [0.15, 0.2) is 53.6 Å². The van der Waals surface area contributed by atoms with Crippen molar-refractivity contribution in [1.82, 2.24) is 5.01 Å². The van der Waals surface area contributed by atoms with Crippen molar-refractivity contribution < 1.29 is 18.7 Å². The van der Waals surface area contributed by atoms with Gasteiger partial charge in [-0.05, 0) is 38.1 Å². The van der Waals surface area contributed by atoms with E-state index >= 15 is 0 Å². The van der Waals surface area contributed by atoms with Crippen molar-refractivity contribution in [2.24, 2.45) is 10.8 Å². The second-order valence-corrected chi connectivity index (χ2v) is 6.22. The highest BCUT2D eigenvalue weighted by Gasteiger charge is 2.38. The first-order valence-electron chi connectivity index (χ1n) is 8.59. The van der Waals surface area contributed by atoms with Gasteiger partial charge in [0.2, 0.25) is 5.91 Å². The molecule has 1 amide bonds. The molecule has 0 aliphatic rings. The van der Waals surface area contributed by atoms with Crippen molar-refractivity contribution >= 4 is 11.6 Å². The fraction of sp³-hybridized carbons (Fsp3) is 0.300. The predicted molar refractivity (Wildman–Crippen MR) is 99.7 cm³/mol. The molecule has 0 fully saturated rings. The van der Waals surface area contributed by atoms with Gasteiger partial charge in [-0.25, -0.2) is 8.78 Å². The Labute approximate surface area is 157 Å². The van der Waals surface area contributed by atoms with Gasteiger partial charge in [0.05, 0.1) is 5.71 Å². The third-order valence-electron chi connectivity index (χ3n) is 4.18. The highest BCUT2D eigenvalue weighted by atomic mass is 19.1. The zero-order chi connectivity index (χ0) is 20.0. The standard InChI is InChI=1S/C20H23F2N3O2/c1-14(18-13-17(21)9-10-19(18)22)24-25(15(2)26)20(27,11-6-12-23)16-7-4-3-5-8-16/h3-5,7-10,13,27H,6,11-12,23H2,1-2H3/b24-14+. The van der Waals surface area contributed by atoms with Gasteiger partial charge in [-0.15, -0.1) is 0 Å². The van der Waals surface area contributed by atoms with Gasteiger partial charge in [0.1, 0.15) is 11.6 Å². The molecule has 27 heavy (non-hydrogen) atoms. The van der Waals surface area contributed by atoms with E-state index < -0.39 is 23.3 Å². The van der Waals surface area contributed by atoms with Crippen LogP contribution in [0.1, 0.15) is 37.8 Å². The van der Waals surface area contributed by atoms with Gasteiger partial charge in [-0.2, -0.15) is 10.1 Å². The average Bonchev–Trinajstić information content (AvgIpc) is 2.66. The SMILES string of the molecule is CC(=O)N(/N=C(\C)c1cc(F)ccc1F)C(O)(CCCN)c1ccccc1. The molecule has 2 rings (SSSR count). The third-order valence-corrected chi connectivity index (χ3v) is 4.18. The summed E-state index contributed by atoms with van der Waals surface area (Å²) >= 11 is 0. The summed E-state index contributed by atoms with van der Waals surface area (Å²) in [6.07, 6.45) is 0.563. The van der Waals surface area contributed by atoms with Crippen LogP contribution in [0, 0.1) is 11.6 Å². The Hall–Kier alpha value is -2.64. The monoisotopic (exact) mass is 375 g/mol. The molecule has 7 heteroatoms. The summed E-state index contributed by atoms with van der Waals surface area (Å²) in [6, 6.07) is 11.5. The van der Waals surface area contributed by atoms with E-state index in [1.165, 1.54) is 13.8 Å². The van der Waals surface area contributed by atoms with Crippen LogP contribution in [0.3, 0.4) is 0 Å². The minimum Gasteiger partial charge on any atom is -0.365 e.